The summed E-state index contributed by atoms with van der Waals surface area (Å²) in [6.07, 6.45) is 0. The number of hydrogen-bond acceptors (Lipinski definition) is 4. The standard InChI is InChI=1S/C16H21N3OS/c1-11(2)12-4-6-13(7-5-12)16-19-14(10-21-16)15(20)18-9-8-17-3/h4-7,10-11,17H,8-9H2,1-3H3,(H,18,20). The molecule has 2 aromatic rings. The largest absolute Gasteiger partial charge is 0.349 e. The van der Waals surface area contributed by atoms with Crippen LogP contribution in [0.4, 0.5) is 0 Å². The van der Waals surface area contributed by atoms with E-state index < -0.39 is 0 Å². The first kappa shape index (κ1) is 15.7. The van der Waals surface area contributed by atoms with Gasteiger partial charge in [0, 0.05) is 24.0 Å². The Morgan fingerprint density at radius 1 is 1.24 bits per heavy atom. The Kier molecular flexibility index (Phi) is 5.47. The predicted molar refractivity (Wildman–Crippen MR) is 87.9 cm³/mol. The molecule has 0 spiro atoms. The highest BCUT2D eigenvalue weighted by molar-refractivity contribution is 7.13. The van der Waals surface area contributed by atoms with Crippen LogP contribution in [0, 0.1) is 0 Å². The number of rotatable bonds is 6. The molecule has 1 amide bonds. The molecular weight excluding hydrogens is 282 g/mol. The third-order valence-corrected chi connectivity index (χ3v) is 4.11. The second-order valence-electron chi connectivity index (χ2n) is 5.17. The second kappa shape index (κ2) is 7.33. The fourth-order valence-corrected chi connectivity index (χ4v) is 2.72. The molecule has 1 aromatic carbocycles. The average molecular weight is 303 g/mol. The maximum atomic E-state index is 11.9. The molecule has 5 heteroatoms. The molecule has 21 heavy (non-hydrogen) atoms. The Balaban J connectivity index is 2.07. The van der Waals surface area contributed by atoms with E-state index in [1.807, 2.05) is 7.05 Å². The predicted octanol–water partition coefficient (Wildman–Crippen LogP) is 2.88. The van der Waals surface area contributed by atoms with Crippen LogP contribution in [0.1, 0.15) is 35.8 Å². The number of aromatic nitrogens is 1. The molecule has 0 radical (unpaired) electrons. The van der Waals surface area contributed by atoms with Gasteiger partial charge in [0.15, 0.2) is 0 Å². The quantitative estimate of drug-likeness (QED) is 0.807. The molecule has 0 bridgehead atoms. The number of nitrogens with one attached hydrogen (secondary N) is 2. The molecule has 112 valence electrons. The van der Waals surface area contributed by atoms with Crippen molar-refractivity contribution in [1.82, 2.24) is 15.6 Å². The van der Waals surface area contributed by atoms with Gasteiger partial charge in [-0.15, -0.1) is 11.3 Å². The summed E-state index contributed by atoms with van der Waals surface area (Å²) in [4.78, 5) is 16.3. The minimum Gasteiger partial charge on any atom is -0.349 e. The number of thiazole rings is 1. The lowest BCUT2D eigenvalue weighted by Gasteiger charge is -2.05. The van der Waals surface area contributed by atoms with Crippen LogP contribution in [0.25, 0.3) is 10.6 Å². The van der Waals surface area contributed by atoms with E-state index in [0.29, 0.717) is 18.2 Å². The fourth-order valence-electron chi connectivity index (χ4n) is 1.91. The zero-order valence-corrected chi connectivity index (χ0v) is 13.5. The lowest BCUT2D eigenvalue weighted by Crippen LogP contribution is -2.30. The molecule has 1 heterocycles. The normalized spacial score (nSPS) is 10.9. The van der Waals surface area contributed by atoms with Crippen molar-refractivity contribution in [1.29, 1.82) is 0 Å². The van der Waals surface area contributed by atoms with E-state index >= 15 is 0 Å². The van der Waals surface area contributed by atoms with Gasteiger partial charge in [0.25, 0.3) is 5.91 Å². The lowest BCUT2D eigenvalue weighted by molar-refractivity contribution is 0.0950. The molecule has 2 rings (SSSR count). The SMILES string of the molecule is CNCCNC(=O)c1csc(-c2ccc(C(C)C)cc2)n1. The number of hydrogen-bond donors (Lipinski definition) is 2. The highest BCUT2D eigenvalue weighted by Crippen LogP contribution is 2.25. The van der Waals surface area contributed by atoms with Crippen LogP contribution in [-0.2, 0) is 0 Å². The molecule has 0 saturated carbocycles. The highest BCUT2D eigenvalue weighted by Gasteiger charge is 2.11. The number of carbonyl (C=O) groups is 1. The molecular formula is C16H21N3OS. The van der Waals surface area contributed by atoms with Gasteiger partial charge < -0.3 is 10.6 Å². The van der Waals surface area contributed by atoms with Gasteiger partial charge in [0.05, 0.1) is 0 Å². The van der Waals surface area contributed by atoms with Crippen molar-refractivity contribution in [2.45, 2.75) is 19.8 Å². The molecule has 0 fully saturated rings. The summed E-state index contributed by atoms with van der Waals surface area (Å²) in [5.41, 5.74) is 2.85. The van der Waals surface area contributed by atoms with E-state index in [0.717, 1.165) is 17.1 Å². The topological polar surface area (TPSA) is 54.0 Å². The van der Waals surface area contributed by atoms with Gasteiger partial charge in [-0.05, 0) is 18.5 Å². The van der Waals surface area contributed by atoms with Gasteiger partial charge in [-0.2, -0.15) is 0 Å². The molecule has 0 unspecified atom stereocenters. The van der Waals surface area contributed by atoms with Crippen LogP contribution in [0.15, 0.2) is 29.6 Å². The van der Waals surface area contributed by atoms with Crippen LogP contribution in [0.5, 0.6) is 0 Å². The molecule has 1 aromatic heterocycles. The number of amides is 1. The maximum absolute atomic E-state index is 11.9. The zero-order valence-electron chi connectivity index (χ0n) is 12.6. The Bertz CT molecular complexity index is 590. The van der Waals surface area contributed by atoms with E-state index in [9.17, 15) is 4.79 Å². The van der Waals surface area contributed by atoms with Crippen molar-refractivity contribution in [3.05, 3.63) is 40.9 Å². The van der Waals surface area contributed by atoms with E-state index in [4.69, 9.17) is 0 Å². The molecule has 4 nitrogen and oxygen atoms in total. The Morgan fingerprint density at radius 3 is 2.57 bits per heavy atom. The molecule has 0 atom stereocenters. The summed E-state index contributed by atoms with van der Waals surface area (Å²) in [7, 11) is 1.86. The third-order valence-electron chi connectivity index (χ3n) is 3.22. The zero-order chi connectivity index (χ0) is 15.2. The third kappa shape index (κ3) is 4.12. The average Bonchev–Trinajstić information content (AvgIpc) is 2.97. The van der Waals surface area contributed by atoms with Crippen LogP contribution in [0.2, 0.25) is 0 Å². The van der Waals surface area contributed by atoms with Gasteiger partial charge in [-0.25, -0.2) is 4.98 Å². The van der Waals surface area contributed by atoms with Crippen molar-refractivity contribution in [3.8, 4) is 10.6 Å². The summed E-state index contributed by atoms with van der Waals surface area (Å²) in [6, 6.07) is 8.37. The molecule has 0 aliphatic rings. The summed E-state index contributed by atoms with van der Waals surface area (Å²) in [5.74, 6) is 0.399. The van der Waals surface area contributed by atoms with E-state index in [-0.39, 0.29) is 5.91 Å². The van der Waals surface area contributed by atoms with Gasteiger partial charge in [-0.3, -0.25) is 4.79 Å². The lowest BCUT2D eigenvalue weighted by atomic mass is 10.0. The van der Waals surface area contributed by atoms with Crippen LogP contribution < -0.4 is 10.6 Å². The first-order valence-electron chi connectivity index (χ1n) is 7.10. The smallest absolute Gasteiger partial charge is 0.270 e. The molecule has 0 aliphatic heterocycles. The van der Waals surface area contributed by atoms with Gasteiger partial charge in [0.1, 0.15) is 10.7 Å². The van der Waals surface area contributed by atoms with E-state index in [1.165, 1.54) is 16.9 Å². The first-order chi connectivity index (χ1) is 10.1. The Hall–Kier alpha value is -1.72. The Labute approximate surface area is 129 Å². The van der Waals surface area contributed by atoms with Crippen molar-refractivity contribution in [2.24, 2.45) is 0 Å². The van der Waals surface area contributed by atoms with Crippen molar-refractivity contribution < 1.29 is 4.79 Å². The minimum absolute atomic E-state index is 0.119. The van der Waals surface area contributed by atoms with Crippen LogP contribution >= 0.6 is 11.3 Å². The highest BCUT2D eigenvalue weighted by atomic mass is 32.1. The molecule has 2 N–H and O–H groups in total. The summed E-state index contributed by atoms with van der Waals surface area (Å²) in [5, 5.41) is 8.50. The number of benzene rings is 1. The minimum atomic E-state index is -0.119. The van der Waals surface area contributed by atoms with E-state index in [2.05, 4.69) is 53.7 Å². The summed E-state index contributed by atoms with van der Waals surface area (Å²) in [6.45, 7) is 5.70. The van der Waals surface area contributed by atoms with Gasteiger partial charge in [0.2, 0.25) is 0 Å². The Morgan fingerprint density at radius 2 is 1.95 bits per heavy atom. The molecule has 0 saturated heterocycles. The maximum Gasteiger partial charge on any atom is 0.270 e. The summed E-state index contributed by atoms with van der Waals surface area (Å²) < 4.78 is 0. The van der Waals surface area contributed by atoms with Gasteiger partial charge in [-0.1, -0.05) is 38.1 Å². The number of nitrogens with zero attached hydrogens (tertiary/aromatic N) is 1. The number of likely N-dealkylation sites (N-methyl/N-ethyl adjacent to an activating group) is 1. The second-order valence-corrected chi connectivity index (χ2v) is 6.03. The van der Waals surface area contributed by atoms with Crippen LogP contribution in [-0.4, -0.2) is 31.0 Å². The first-order valence-corrected chi connectivity index (χ1v) is 7.98. The van der Waals surface area contributed by atoms with Gasteiger partial charge >= 0.3 is 0 Å². The van der Waals surface area contributed by atoms with E-state index in [1.54, 1.807) is 5.38 Å². The monoisotopic (exact) mass is 303 g/mol. The number of carbonyl (C=O) groups excluding carboxylic acids is 1. The fraction of sp³-hybridized carbons (Fsp3) is 0.375. The summed E-state index contributed by atoms with van der Waals surface area (Å²) >= 11 is 1.50. The van der Waals surface area contributed by atoms with Crippen molar-refractivity contribution in [2.75, 3.05) is 20.1 Å². The van der Waals surface area contributed by atoms with Crippen LogP contribution in [0.3, 0.4) is 0 Å². The molecule has 0 aliphatic carbocycles. The van der Waals surface area contributed by atoms with Crippen molar-refractivity contribution in [3.63, 3.8) is 0 Å². The van der Waals surface area contributed by atoms with Crippen molar-refractivity contribution >= 4 is 17.2 Å².